The van der Waals surface area contributed by atoms with E-state index >= 15 is 0 Å². The molecule has 2 heterocycles. The molecule has 0 aliphatic carbocycles. The molecule has 8 nitrogen and oxygen atoms in total. The Labute approximate surface area is 173 Å². The summed E-state index contributed by atoms with van der Waals surface area (Å²) in [6.07, 6.45) is 1.79. The molecule has 1 amide bonds. The smallest absolute Gasteiger partial charge is 0.246 e. The second-order valence-electron chi connectivity index (χ2n) is 8.00. The number of likely N-dealkylation sites (N-methyl/N-ethyl adjacent to an activating group) is 1. The molecule has 1 aromatic rings. The van der Waals surface area contributed by atoms with Gasteiger partial charge in [-0.3, -0.25) is 9.69 Å². The van der Waals surface area contributed by atoms with Crippen LogP contribution in [0, 0.1) is 11.8 Å². The van der Waals surface area contributed by atoms with Crippen molar-refractivity contribution in [3.63, 3.8) is 0 Å². The number of rotatable bonds is 6. The molecule has 2 aliphatic heterocycles. The van der Waals surface area contributed by atoms with E-state index in [0.29, 0.717) is 43.0 Å². The first kappa shape index (κ1) is 21.9. The molecule has 0 N–H and O–H groups in total. The van der Waals surface area contributed by atoms with Crippen LogP contribution in [0.4, 0.5) is 0 Å². The van der Waals surface area contributed by atoms with Crippen LogP contribution in [0.15, 0.2) is 23.1 Å². The Morgan fingerprint density at radius 3 is 2.24 bits per heavy atom. The van der Waals surface area contributed by atoms with Crippen molar-refractivity contribution in [3.8, 4) is 11.5 Å². The number of fused-ring (bicyclic) bond motifs is 1. The van der Waals surface area contributed by atoms with Crippen LogP contribution in [0.5, 0.6) is 11.5 Å². The summed E-state index contributed by atoms with van der Waals surface area (Å²) in [6, 6.07) is 4.84. The fraction of sp³-hybridized carbons (Fsp3) is 0.650. The molecule has 0 bridgehead atoms. The summed E-state index contributed by atoms with van der Waals surface area (Å²) in [5.74, 6) is 1.53. The standard InChI is InChI=1S/C20H31N3O5S/c1-21(2)20(24)14-22-9-7-15-12-23(13-16(15)8-10-22)29(25,26)19-11-17(27-3)5-6-18(19)28-4/h5-6,11,15-16H,7-10,12-14H2,1-4H3/t15-,16+. The van der Waals surface area contributed by atoms with E-state index in [1.165, 1.54) is 20.3 Å². The number of nitrogens with zero attached hydrogens (tertiary/aromatic N) is 3. The fourth-order valence-corrected chi connectivity index (χ4v) is 5.89. The maximum atomic E-state index is 13.3. The number of carbonyl (C=O) groups excluding carboxylic acids is 1. The van der Waals surface area contributed by atoms with Gasteiger partial charge in [-0.1, -0.05) is 0 Å². The zero-order valence-electron chi connectivity index (χ0n) is 17.6. The minimum Gasteiger partial charge on any atom is -0.497 e. The van der Waals surface area contributed by atoms with Gasteiger partial charge in [0.05, 0.1) is 20.8 Å². The molecule has 0 saturated carbocycles. The molecule has 0 radical (unpaired) electrons. The summed E-state index contributed by atoms with van der Waals surface area (Å²) < 4.78 is 38.7. The summed E-state index contributed by atoms with van der Waals surface area (Å²) in [4.78, 5) is 15.9. The largest absolute Gasteiger partial charge is 0.497 e. The highest BCUT2D eigenvalue weighted by Crippen LogP contribution is 2.37. The quantitative estimate of drug-likeness (QED) is 0.680. The second kappa shape index (κ2) is 8.89. The normalized spacial score (nSPS) is 23.3. The van der Waals surface area contributed by atoms with Gasteiger partial charge in [0.2, 0.25) is 15.9 Å². The van der Waals surface area contributed by atoms with Crippen molar-refractivity contribution in [3.05, 3.63) is 18.2 Å². The number of likely N-dealkylation sites (tertiary alicyclic amines) is 1. The van der Waals surface area contributed by atoms with Gasteiger partial charge in [-0.05, 0) is 49.9 Å². The average molecular weight is 426 g/mol. The molecule has 2 fully saturated rings. The molecular formula is C20H31N3O5S. The summed E-state index contributed by atoms with van der Waals surface area (Å²) >= 11 is 0. The van der Waals surface area contributed by atoms with Crippen LogP contribution in [0.25, 0.3) is 0 Å². The molecule has 162 valence electrons. The van der Waals surface area contributed by atoms with Crippen molar-refractivity contribution < 1.29 is 22.7 Å². The van der Waals surface area contributed by atoms with Crippen LogP contribution in [-0.2, 0) is 14.8 Å². The van der Waals surface area contributed by atoms with E-state index in [-0.39, 0.29) is 10.8 Å². The molecule has 0 aromatic heterocycles. The molecule has 3 rings (SSSR count). The topological polar surface area (TPSA) is 79.4 Å². The molecule has 9 heteroatoms. The van der Waals surface area contributed by atoms with Gasteiger partial charge in [-0.25, -0.2) is 8.42 Å². The van der Waals surface area contributed by atoms with E-state index < -0.39 is 10.0 Å². The van der Waals surface area contributed by atoms with Crippen molar-refractivity contribution in [2.24, 2.45) is 11.8 Å². The summed E-state index contributed by atoms with van der Waals surface area (Å²) in [7, 11) is 2.85. The fourth-order valence-electron chi connectivity index (χ4n) is 4.17. The number of sulfonamides is 1. The van der Waals surface area contributed by atoms with Gasteiger partial charge >= 0.3 is 0 Å². The SMILES string of the molecule is COc1ccc(OC)c(S(=O)(=O)N2C[C@H]3CCN(CC(=O)N(C)C)CC[C@H]3C2)c1. The first-order chi connectivity index (χ1) is 13.8. The Hall–Kier alpha value is -1.84. The van der Waals surface area contributed by atoms with Gasteiger partial charge in [0.25, 0.3) is 0 Å². The van der Waals surface area contributed by atoms with E-state index in [9.17, 15) is 13.2 Å². The van der Waals surface area contributed by atoms with Gasteiger partial charge < -0.3 is 14.4 Å². The highest BCUT2D eigenvalue weighted by molar-refractivity contribution is 7.89. The Morgan fingerprint density at radius 1 is 1.10 bits per heavy atom. The Morgan fingerprint density at radius 2 is 1.72 bits per heavy atom. The van der Waals surface area contributed by atoms with Crippen LogP contribution >= 0.6 is 0 Å². The Bertz CT molecular complexity index is 827. The monoisotopic (exact) mass is 425 g/mol. The van der Waals surface area contributed by atoms with Gasteiger partial charge in [0, 0.05) is 33.3 Å². The van der Waals surface area contributed by atoms with E-state index in [1.807, 2.05) is 0 Å². The minimum atomic E-state index is -3.67. The summed E-state index contributed by atoms with van der Waals surface area (Å²) in [6.45, 7) is 3.06. The maximum Gasteiger partial charge on any atom is 0.246 e. The lowest BCUT2D eigenvalue weighted by Crippen LogP contribution is -2.37. The predicted octanol–water partition coefficient (Wildman–Crippen LogP) is 1.12. The summed E-state index contributed by atoms with van der Waals surface area (Å²) in [5.41, 5.74) is 0. The second-order valence-corrected chi connectivity index (χ2v) is 9.91. The van der Waals surface area contributed by atoms with Crippen molar-refractivity contribution in [1.82, 2.24) is 14.1 Å². The van der Waals surface area contributed by atoms with Crippen LogP contribution in [0.1, 0.15) is 12.8 Å². The van der Waals surface area contributed by atoms with Crippen molar-refractivity contribution in [2.45, 2.75) is 17.7 Å². The maximum absolute atomic E-state index is 13.3. The van der Waals surface area contributed by atoms with Crippen LogP contribution in [0.2, 0.25) is 0 Å². The molecule has 2 aliphatic rings. The third-order valence-corrected chi connectivity index (χ3v) is 7.87. The number of hydrogen-bond donors (Lipinski definition) is 0. The lowest BCUT2D eigenvalue weighted by atomic mass is 9.92. The molecule has 0 unspecified atom stereocenters. The van der Waals surface area contributed by atoms with Gasteiger partial charge in [-0.2, -0.15) is 4.31 Å². The van der Waals surface area contributed by atoms with E-state index in [4.69, 9.17) is 9.47 Å². The highest BCUT2D eigenvalue weighted by atomic mass is 32.2. The van der Waals surface area contributed by atoms with E-state index in [2.05, 4.69) is 4.90 Å². The Balaban J connectivity index is 1.71. The lowest BCUT2D eigenvalue weighted by Gasteiger charge is -2.23. The third kappa shape index (κ3) is 4.67. The first-order valence-corrected chi connectivity index (χ1v) is 11.3. The number of amides is 1. The number of ether oxygens (including phenoxy) is 2. The van der Waals surface area contributed by atoms with Crippen LogP contribution in [0.3, 0.4) is 0 Å². The first-order valence-electron chi connectivity index (χ1n) is 9.91. The molecule has 2 saturated heterocycles. The predicted molar refractivity (Wildman–Crippen MR) is 110 cm³/mol. The number of carbonyl (C=O) groups is 1. The number of hydrogen-bond acceptors (Lipinski definition) is 6. The van der Waals surface area contributed by atoms with Crippen molar-refractivity contribution >= 4 is 15.9 Å². The van der Waals surface area contributed by atoms with Gasteiger partial charge in [-0.15, -0.1) is 0 Å². The van der Waals surface area contributed by atoms with Crippen LogP contribution < -0.4 is 9.47 Å². The van der Waals surface area contributed by atoms with E-state index in [1.54, 1.807) is 35.4 Å². The number of methoxy groups -OCH3 is 2. The van der Waals surface area contributed by atoms with Crippen LogP contribution in [-0.4, -0.2) is 89.5 Å². The molecule has 0 spiro atoms. The molecule has 1 aromatic carbocycles. The molecular weight excluding hydrogens is 394 g/mol. The number of benzene rings is 1. The molecule has 29 heavy (non-hydrogen) atoms. The summed E-state index contributed by atoms with van der Waals surface area (Å²) in [5, 5.41) is 0. The van der Waals surface area contributed by atoms with E-state index in [0.717, 1.165) is 25.9 Å². The molecule has 2 atom stereocenters. The van der Waals surface area contributed by atoms with Crippen molar-refractivity contribution in [2.75, 3.05) is 61.0 Å². The lowest BCUT2D eigenvalue weighted by molar-refractivity contribution is -0.129. The minimum absolute atomic E-state index is 0.103. The van der Waals surface area contributed by atoms with Gasteiger partial charge in [0.1, 0.15) is 16.4 Å². The zero-order chi connectivity index (χ0) is 21.2. The van der Waals surface area contributed by atoms with Gasteiger partial charge in [0.15, 0.2) is 0 Å². The Kier molecular flexibility index (Phi) is 6.70. The average Bonchev–Trinajstić information content (AvgIpc) is 3.04. The zero-order valence-corrected chi connectivity index (χ0v) is 18.4. The third-order valence-electron chi connectivity index (χ3n) is 6.02. The van der Waals surface area contributed by atoms with Crippen molar-refractivity contribution in [1.29, 1.82) is 0 Å². The highest BCUT2D eigenvalue weighted by Gasteiger charge is 2.41.